The number of nitrogens with zero attached hydrogens (tertiary/aromatic N) is 1. The molecule has 27 heavy (non-hydrogen) atoms. The molecule has 4 nitrogen and oxygen atoms in total. The van der Waals surface area contributed by atoms with Crippen LogP contribution in [0.1, 0.15) is 29.4 Å². The Balaban J connectivity index is 1.65. The number of alkyl halides is 3. The third-order valence-electron chi connectivity index (χ3n) is 4.76. The van der Waals surface area contributed by atoms with Crippen LogP contribution < -0.4 is 10.5 Å². The van der Waals surface area contributed by atoms with E-state index < -0.39 is 6.36 Å². The van der Waals surface area contributed by atoms with Gasteiger partial charge >= 0.3 is 6.36 Å². The van der Waals surface area contributed by atoms with Crippen molar-refractivity contribution in [1.82, 2.24) is 4.90 Å². The molecule has 1 aliphatic rings. The number of benzene rings is 1. The Morgan fingerprint density at radius 1 is 1.19 bits per heavy atom. The van der Waals surface area contributed by atoms with Gasteiger partial charge in [0, 0.05) is 24.0 Å². The smallest absolute Gasteiger partial charge is 0.406 e. The monoisotopic (exact) mass is 398 g/mol. The number of hydrogen-bond acceptors (Lipinski definition) is 4. The lowest BCUT2D eigenvalue weighted by molar-refractivity contribution is -0.274. The number of halogens is 3. The van der Waals surface area contributed by atoms with E-state index in [1.165, 1.54) is 23.5 Å². The molecule has 1 fully saturated rings. The Hall–Kier alpha value is -2.06. The highest BCUT2D eigenvalue weighted by Crippen LogP contribution is 2.32. The van der Waals surface area contributed by atoms with Crippen LogP contribution in [0.4, 0.5) is 13.2 Å². The third kappa shape index (κ3) is 5.01. The highest BCUT2D eigenvalue weighted by molar-refractivity contribution is 7.17. The third-order valence-corrected chi connectivity index (χ3v) is 5.88. The van der Waals surface area contributed by atoms with E-state index in [9.17, 15) is 18.0 Å². The van der Waals surface area contributed by atoms with Gasteiger partial charge in [0.05, 0.1) is 4.88 Å². The van der Waals surface area contributed by atoms with Crippen molar-refractivity contribution in [3.8, 4) is 16.2 Å². The minimum atomic E-state index is -4.71. The molecule has 0 bridgehead atoms. The Morgan fingerprint density at radius 3 is 2.37 bits per heavy atom. The minimum Gasteiger partial charge on any atom is -0.406 e. The van der Waals surface area contributed by atoms with Crippen molar-refractivity contribution < 1.29 is 22.7 Å². The molecule has 1 aliphatic heterocycles. The highest BCUT2D eigenvalue weighted by Gasteiger charge is 2.31. The summed E-state index contributed by atoms with van der Waals surface area (Å²) in [6.45, 7) is 3.39. The molecule has 0 aliphatic carbocycles. The van der Waals surface area contributed by atoms with Crippen molar-refractivity contribution in [2.45, 2.75) is 32.2 Å². The SMILES string of the molecule is CC(N)C1CCN(C(=O)c2ccc(-c3ccc(OC(F)(F)F)cc3)s2)CC1. The van der Waals surface area contributed by atoms with Gasteiger partial charge in [0.15, 0.2) is 0 Å². The number of nitrogens with two attached hydrogens (primary N) is 1. The normalized spacial score (nSPS) is 17.0. The van der Waals surface area contributed by atoms with Gasteiger partial charge in [-0.3, -0.25) is 4.79 Å². The molecule has 2 N–H and O–H groups in total. The summed E-state index contributed by atoms with van der Waals surface area (Å²) < 4.78 is 40.6. The van der Waals surface area contributed by atoms with Gasteiger partial charge < -0.3 is 15.4 Å². The molecule has 1 unspecified atom stereocenters. The number of likely N-dealkylation sites (tertiary alicyclic amines) is 1. The lowest BCUT2D eigenvalue weighted by Crippen LogP contribution is -2.42. The predicted octanol–water partition coefficient (Wildman–Crippen LogP) is 4.51. The van der Waals surface area contributed by atoms with Crippen molar-refractivity contribution in [3.63, 3.8) is 0 Å². The fourth-order valence-corrected chi connectivity index (χ4v) is 4.19. The predicted molar refractivity (Wildman–Crippen MR) is 98.7 cm³/mol. The summed E-state index contributed by atoms with van der Waals surface area (Å²) in [7, 11) is 0. The molecule has 1 amide bonds. The molecule has 2 heterocycles. The summed E-state index contributed by atoms with van der Waals surface area (Å²) in [5, 5.41) is 0. The summed E-state index contributed by atoms with van der Waals surface area (Å²) in [4.78, 5) is 16.0. The zero-order valence-electron chi connectivity index (χ0n) is 14.8. The van der Waals surface area contributed by atoms with Crippen molar-refractivity contribution in [3.05, 3.63) is 41.3 Å². The molecule has 1 saturated heterocycles. The first-order chi connectivity index (χ1) is 12.7. The number of piperidine rings is 1. The van der Waals surface area contributed by atoms with Gasteiger partial charge in [0.25, 0.3) is 5.91 Å². The van der Waals surface area contributed by atoms with Crippen LogP contribution in [-0.4, -0.2) is 36.3 Å². The van der Waals surface area contributed by atoms with E-state index >= 15 is 0 Å². The average molecular weight is 398 g/mol. The van der Waals surface area contributed by atoms with Gasteiger partial charge in [-0.1, -0.05) is 0 Å². The van der Waals surface area contributed by atoms with Crippen LogP contribution in [-0.2, 0) is 0 Å². The molecular weight excluding hydrogens is 377 g/mol. The van der Waals surface area contributed by atoms with E-state index in [1.807, 2.05) is 17.9 Å². The molecule has 1 aromatic heterocycles. The first kappa shape index (κ1) is 19.7. The Morgan fingerprint density at radius 2 is 1.81 bits per heavy atom. The Labute approximate surface area is 159 Å². The standard InChI is InChI=1S/C19H21F3N2O2S/c1-12(23)13-8-10-24(11-9-13)18(25)17-7-6-16(27-17)14-2-4-15(5-3-14)26-19(20,21)22/h2-7,12-13H,8-11,23H2,1H3. The number of carbonyl (C=O) groups excluding carboxylic acids is 1. The molecule has 146 valence electrons. The van der Waals surface area contributed by atoms with Crippen LogP contribution in [0.15, 0.2) is 36.4 Å². The van der Waals surface area contributed by atoms with Gasteiger partial charge in [0.1, 0.15) is 5.75 Å². The lowest BCUT2D eigenvalue weighted by Gasteiger charge is -2.33. The second-order valence-corrected chi connectivity index (χ2v) is 7.81. The van der Waals surface area contributed by atoms with Crippen molar-refractivity contribution in [1.29, 1.82) is 0 Å². The van der Waals surface area contributed by atoms with Gasteiger partial charge in [-0.25, -0.2) is 0 Å². The van der Waals surface area contributed by atoms with Crippen molar-refractivity contribution in [2.24, 2.45) is 11.7 Å². The van der Waals surface area contributed by atoms with Gasteiger partial charge in [0.2, 0.25) is 0 Å². The molecule has 3 rings (SSSR count). The fourth-order valence-electron chi connectivity index (χ4n) is 3.21. The molecule has 1 aromatic carbocycles. The van der Waals surface area contributed by atoms with E-state index in [0.29, 0.717) is 23.9 Å². The summed E-state index contributed by atoms with van der Waals surface area (Å²) in [5.74, 6) is 0.174. The number of rotatable bonds is 4. The Bertz CT molecular complexity index is 779. The number of hydrogen-bond donors (Lipinski definition) is 1. The largest absolute Gasteiger partial charge is 0.573 e. The second-order valence-electron chi connectivity index (χ2n) is 6.72. The second kappa shape index (κ2) is 7.90. The van der Waals surface area contributed by atoms with Crippen LogP contribution in [0.2, 0.25) is 0 Å². The van der Waals surface area contributed by atoms with Gasteiger partial charge in [-0.2, -0.15) is 0 Å². The van der Waals surface area contributed by atoms with E-state index in [2.05, 4.69) is 4.74 Å². The van der Waals surface area contributed by atoms with Crippen LogP contribution >= 0.6 is 11.3 Å². The van der Waals surface area contributed by atoms with E-state index in [-0.39, 0.29) is 17.7 Å². The average Bonchev–Trinajstić information content (AvgIpc) is 3.10. The molecule has 0 saturated carbocycles. The quantitative estimate of drug-likeness (QED) is 0.824. The van der Waals surface area contributed by atoms with Crippen LogP contribution in [0.25, 0.3) is 10.4 Å². The molecule has 8 heteroatoms. The maximum absolute atomic E-state index is 12.7. The maximum Gasteiger partial charge on any atom is 0.573 e. The summed E-state index contributed by atoms with van der Waals surface area (Å²) in [6, 6.07) is 9.35. The molecular formula is C19H21F3N2O2S. The van der Waals surface area contributed by atoms with Crippen molar-refractivity contribution in [2.75, 3.05) is 13.1 Å². The summed E-state index contributed by atoms with van der Waals surface area (Å²) >= 11 is 1.33. The van der Waals surface area contributed by atoms with Crippen LogP contribution in [0, 0.1) is 5.92 Å². The number of thiophene rings is 1. The van der Waals surface area contributed by atoms with Crippen molar-refractivity contribution >= 4 is 17.2 Å². The minimum absolute atomic E-state index is 0.00796. The zero-order chi connectivity index (χ0) is 19.6. The highest BCUT2D eigenvalue weighted by atomic mass is 32.1. The number of ether oxygens (including phenoxy) is 1. The van der Waals surface area contributed by atoms with E-state index in [1.54, 1.807) is 18.2 Å². The lowest BCUT2D eigenvalue weighted by atomic mass is 9.91. The first-order valence-corrected chi connectivity index (χ1v) is 9.55. The molecule has 0 radical (unpaired) electrons. The van der Waals surface area contributed by atoms with Crippen LogP contribution in [0.3, 0.4) is 0 Å². The van der Waals surface area contributed by atoms with E-state index in [0.717, 1.165) is 23.3 Å². The topological polar surface area (TPSA) is 55.6 Å². The van der Waals surface area contributed by atoms with Gasteiger partial charge in [-0.15, -0.1) is 24.5 Å². The number of amides is 1. The number of carbonyl (C=O) groups is 1. The molecule has 1 atom stereocenters. The van der Waals surface area contributed by atoms with Crippen LogP contribution in [0.5, 0.6) is 5.75 Å². The molecule has 2 aromatic rings. The van der Waals surface area contributed by atoms with E-state index in [4.69, 9.17) is 5.73 Å². The summed E-state index contributed by atoms with van der Waals surface area (Å²) in [5.41, 5.74) is 6.68. The maximum atomic E-state index is 12.7. The zero-order valence-corrected chi connectivity index (χ0v) is 15.6. The first-order valence-electron chi connectivity index (χ1n) is 8.74. The Kier molecular flexibility index (Phi) is 5.76. The molecule has 0 spiro atoms. The summed E-state index contributed by atoms with van der Waals surface area (Å²) in [6.07, 6.45) is -2.90. The fraction of sp³-hybridized carbons (Fsp3) is 0.421. The van der Waals surface area contributed by atoms with Gasteiger partial charge in [-0.05, 0) is 67.6 Å².